The van der Waals surface area contributed by atoms with Gasteiger partial charge in [0, 0.05) is 11.1 Å². The molecule has 8 heteroatoms. The van der Waals surface area contributed by atoms with E-state index in [1.807, 2.05) is 25.1 Å². The van der Waals surface area contributed by atoms with Crippen molar-refractivity contribution in [3.8, 4) is 0 Å². The molecule has 6 nitrogen and oxygen atoms in total. The second-order valence-corrected chi connectivity index (χ2v) is 7.44. The van der Waals surface area contributed by atoms with Crippen molar-refractivity contribution in [1.29, 1.82) is 0 Å². The fourth-order valence-electron chi connectivity index (χ4n) is 3.08. The van der Waals surface area contributed by atoms with Crippen LogP contribution in [0.3, 0.4) is 0 Å². The van der Waals surface area contributed by atoms with Crippen LogP contribution in [0.15, 0.2) is 29.3 Å². The molecule has 0 spiro atoms. The molecule has 1 aromatic carbocycles. The Hall–Kier alpha value is -2.25. The number of imidazole rings is 1. The van der Waals surface area contributed by atoms with E-state index < -0.39 is 0 Å². The molecule has 0 saturated carbocycles. The van der Waals surface area contributed by atoms with E-state index in [4.69, 9.17) is 16.6 Å². The van der Waals surface area contributed by atoms with Crippen LogP contribution in [-0.4, -0.2) is 23.5 Å². The summed E-state index contributed by atoms with van der Waals surface area (Å²) in [6.45, 7) is 6.37. The van der Waals surface area contributed by atoms with E-state index >= 15 is 0 Å². The predicted molar refractivity (Wildman–Crippen MR) is 101 cm³/mol. The van der Waals surface area contributed by atoms with Crippen molar-refractivity contribution in [3.63, 3.8) is 0 Å². The van der Waals surface area contributed by atoms with Crippen LogP contribution >= 0.6 is 23.1 Å². The minimum Gasteiger partial charge on any atom is -0.324 e. The molecule has 0 bridgehead atoms. The Morgan fingerprint density at radius 3 is 2.88 bits per heavy atom. The third kappa shape index (κ3) is 2.63. The van der Waals surface area contributed by atoms with Crippen molar-refractivity contribution in [2.24, 2.45) is 0 Å². The van der Waals surface area contributed by atoms with Crippen LogP contribution in [0.4, 0.5) is 0 Å². The molecule has 128 valence electrons. The van der Waals surface area contributed by atoms with Gasteiger partial charge in [-0.05, 0) is 50.5 Å². The number of nitrogens with zero attached hydrogens (tertiary/aromatic N) is 5. The zero-order valence-electron chi connectivity index (χ0n) is 14.0. The van der Waals surface area contributed by atoms with E-state index in [0.717, 1.165) is 22.6 Å². The van der Waals surface area contributed by atoms with Crippen LogP contribution in [-0.2, 0) is 6.54 Å². The predicted octanol–water partition coefficient (Wildman–Crippen LogP) is 3.79. The quantitative estimate of drug-likeness (QED) is 0.548. The first kappa shape index (κ1) is 16.2. The molecular weight excluding hydrogens is 358 g/mol. The van der Waals surface area contributed by atoms with Gasteiger partial charge in [0.05, 0.1) is 35.0 Å². The summed E-state index contributed by atoms with van der Waals surface area (Å²) in [6.07, 6.45) is 1.57. The minimum absolute atomic E-state index is 0.0864. The van der Waals surface area contributed by atoms with Crippen molar-refractivity contribution in [3.05, 3.63) is 51.4 Å². The van der Waals surface area contributed by atoms with Gasteiger partial charge in [-0.15, -0.1) is 0 Å². The topological polar surface area (TPSA) is 65.6 Å². The Bertz CT molecular complexity index is 1160. The normalized spacial score (nSPS) is 11.9. The van der Waals surface area contributed by atoms with E-state index in [9.17, 15) is 4.79 Å². The van der Waals surface area contributed by atoms with Crippen LogP contribution < -0.4 is 5.56 Å². The molecule has 0 atom stereocenters. The molecule has 0 aliphatic heterocycles. The van der Waals surface area contributed by atoms with Gasteiger partial charge in [0.2, 0.25) is 0 Å². The standard InChI is InChI=1S/C17H16ClN5OS/c1-9(2)23-13-5-4-11(18)6-12(13)20-14(23)7-22-8-19-16-15(17(22)24)10(3)21-25-16/h4-6,8-9H,7H2,1-3H3. The fraction of sp³-hybridized carbons (Fsp3) is 0.294. The van der Waals surface area contributed by atoms with Crippen LogP contribution in [0.2, 0.25) is 5.02 Å². The monoisotopic (exact) mass is 373 g/mol. The largest absolute Gasteiger partial charge is 0.324 e. The number of halogens is 1. The van der Waals surface area contributed by atoms with Gasteiger partial charge in [-0.2, -0.15) is 4.37 Å². The second kappa shape index (κ2) is 5.93. The summed E-state index contributed by atoms with van der Waals surface area (Å²) in [5.41, 5.74) is 2.46. The Balaban J connectivity index is 1.88. The molecule has 4 rings (SSSR count). The van der Waals surface area contributed by atoms with Crippen LogP contribution in [0.25, 0.3) is 21.3 Å². The highest BCUT2D eigenvalue weighted by Crippen LogP contribution is 2.24. The van der Waals surface area contributed by atoms with Crippen molar-refractivity contribution >= 4 is 44.4 Å². The number of rotatable bonds is 3. The van der Waals surface area contributed by atoms with Gasteiger partial charge in [0.15, 0.2) is 4.83 Å². The van der Waals surface area contributed by atoms with Gasteiger partial charge in [-0.1, -0.05) is 11.6 Å². The van der Waals surface area contributed by atoms with Crippen LogP contribution in [0.5, 0.6) is 0 Å². The number of hydrogen-bond donors (Lipinski definition) is 0. The average molecular weight is 374 g/mol. The molecule has 3 aromatic heterocycles. The van der Waals surface area contributed by atoms with Gasteiger partial charge >= 0.3 is 0 Å². The summed E-state index contributed by atoms with van der Waals surface area (Å²) >= 11 is 7.34. The van der Waals surface area contributed by atoms with Crippen molar-refractivity contribution in [2.75, 3.05) is 0 Å². The molecule has 3 heterocycles. The van der Waals surface area contributed by atoms with E-state index in [1.54, 1.807) is 10.9 Å². The first-order valence-corrected chi connectivity index (χ1v) is 9.08. The summed E-state index contributed by atoms with van der Waals surface area (Å²) in [5.74, 6) is 0.802. The Morgan fingerprint density at radius 2 is 2.12 bits per heavy atom. The Labute approximate surface area is 152 Å². The number of benzene rings is 1. The third-order valence-corrected chi connectivity index (χ3v) is 5.27. The lowest BCUT2D eigenvalue weighted by Gasteiger charge is -2.13. The minimum atomic E-state index is -0.0864. The van der Waals surface area contributed by atoms with Crippen LogP contribution in [0.1, 0.15) is 31.4 Å². The zero-order valence-corrected chi connectivity index (χ0v) is 15.6. The molecule has 4 aromatic rings. The lowest BCUT2D eigenvalue weighted by atomic mass is 10.3. The van der Waals surface area contributed by atoms with Crippen molar-refractivity contribution in [1.82, 2.24) is 23.5 Å². The third-order valence-electron chi connectivity index (χ3n) is 4.19. The highest BCUT2D eigenvalue weighted by Gasteiger charge is 2.16. The zero-order chi connectivity index (χ0) is 17.7. The van der Waals surface area contributed by atoms with Gasteiger partial charge in [0.1, 0.15) is 5.82 Å². The maximum atomic E-state index is 12.8. The lowest BCUT2D eigenvalue weighted by molar-refractivity contribution is 0.562. The van der Waals surface area contributed by atoms with Crippen LogP contribution in [0, 0.1) is 6.92 Å². The van der Waals surface area contributed by atoms with E-state index in [0.29, 0.717) is 21.8 Å². The van der Waals surface area contributed by atoms with E-state index in [1.165, 1.54) is 11.5 Å². The Morgan fingerprint density at radius 1 is 1.32 bits per heavy atom. The summed E-state index contributed by atoms with van der Waals surface area (Å²) in [5, 5.41) is 1.23. The first-order valence-electron chi connectivity index (χ1n) is 7.93. The highest BCUT2D eigenvalue weighted by molar-refractivity contribution is 7.12. The number of fused-ring (bicyclic) bond motifs is 2. The van der Waals surface area contributed by atoms with Gasteiger partial charge in [-0.25, -0.2) is 9.97 Å². The summed E-state index contributed by atoms with van der Waals surface area (Å²) in [6, 6.07) is 5.87. The van der Waals surface area contributed by atoms with Crippen molar-refractivity contribution < 1.29 is 0 Å². The maximum absolute atomic E-state index is 12.8. The molecule has 0 aliphatic carbocycles. The Kier molecular flexibility index (Phi) is 3.85. The number of aryl methyl sites for hydroxylation is 1. The molecule has 0 aliphatic rings. The molecular formula is C17H16ClN5OS. The smallest absolute Gasteiger partial charge is 0.264 e. The molecule has 25 heavy (non-hydrogen) atoms. The van der Waals surface area contributed by atoms with Gasteiger partial charge in [-0.3, -0.25) is 9.36 Å². The first-order chi connectivity index (χ1) is 12.0. The summed E-state index contributed by atoms with van der Waals surface area (Å²) in [4.78, 5) is 22.5. The summed E-state index contributed by atoms with van der Waals surface area (Å²) < 4.78 is 7.94. The summed E-state index contributed by atoms with van der Waals surface area (Å²) in [7, 11) is 0. The highest BCUT2D eigenvalue weighted by atomic mass is 35.5. The van der Waals surface area contributed by atoms with E-state index in [2.05, 4.69) is 27.8 Å². The molecule has 0 saturated heterocycles. The van der Waals surface area contributed by atoms with Crippen molar-refractivity contribution in [2.45, 2.75) is 33.4 Å². The fourth-order valence-corrected chi connectivity index (χ4v) is 3.99. The maximum Gasteiger partial charge on any atom is 0.264 e. The molecule has 0 amide bonds. The number of aromatic nitrogens is 5. The molecule has 0 fully saturated rings. The number of hydrogen-bond acceptors (Lipinski definition) is 5. The van der Waals surface area contributed by atoms with Gasteiger partial charge < -0.3 is 4.57 Å². The molecule has 0 radical (unpaired) electrons. The lowest BCUT2D eigenvalue weighted by Crippen LogP contribution is -2.23. The van der Waals surface area contributed by atoms with E-state index in [-0.39, 0.29) is 11.6 Å². The average Bonchev–Trinajstić information content (AvgIpc) is 3.10. The van der Waals surface area contributed by atoms with Gasteiger partial charge in [0.25, 0.3) is 5.56 Å². The second-order valence-electron chi connectivity index (χ2n) is 6.25. The SMILES string of the molecule is Cc1nsc2ncn(Cc3nc4cc(Cl)ccc4n3C(C)C)c(=O)c12. The molecule has 0 N–H and O–H groups in total. The molecule has 0 unspecified atom stereocenters.